The first-order valence-corrected chi connectivity index (χ1v) is 5.43. The minimum Gasteiger partial charge on any atom is -0.480 e. The molecule has 0 bridgehead atoms. The van der Waals surface area contributed by atoms with E-state index in [1.54, 1.807) is 0 Å². The van der Waals surface area contributed by atoms with Crippen LogP contribution in [0.5, 0.6) is 0 Å². The average Bonchev–Trinajstić information content (AvgIpc) is 2.69. The number of likely N-dealkylation sites (tertiary alicyclic amines) is 1. The number of rotatable bonds is 1. The lowest BCUT2D eigenvalue weighted by Crippen LogP contribution is -2.40. The Kier molecular flexibility index (Phi) is 2.75. The van der Waals surface area contributed by atoms with E-state index >= 15 is 0 Å². The summed E-state index contributed by atoms with van der Waals surface area (Å²) in [4.78, 5) is 22.8. The third-order valence-corrected chi connectivity index (χ3v) is 3.28. The summed E-state index contributed by atoms with van der Waals surface area (Å²) in [5.41, 5.74) is 0. The van der Waals surface area contributed by atoms with Gasteiger partial charge in [0.05, 0.1) is 18.8 Å². The van der Waals surface area contributed by atoms with Crippen LogP contribution in [-0.4, -0.2) is 57.8 Å². The molecule has 7 nitrogen and oxygen atoms in total. The molecular formula is C10H15NO6. The Morgan fingerprint density at radius 2 is 1.76 bits per heavy atom. The van der Waals surface area contributed by atoms with E-state index < -0.39 is 23.9 Å². The normalized spacial score (nSPS) is 35.4. The number of nitrogens with zero attached hydrogens (tertiary/aromatic N) is 1. The lowest BCUT2D eigenvalue weighted by atomic mass is 10.1. The summed E-state index contributed by atoms with van der Waals surface area (Å²) in [6.07, 6.45) is -1.58. The van der Waals surface area contributed by atoms with E-state index in [1.807, 2.05) is 13.8 Å². The molecule has 2 heterocycles. The number of ether oxygens (including phenoxy) is 2. The quantitative estimate of drug-likeness (QED) is 0.691. The van der Waals surface area contributed by atoms with Crippen molar-refractivity contribution < 1.29 is 29.3 Å². The summed E-state index contributed by atoms with van der Waals surface area (Å²) < 4.78 is 11.2. The second kappa shape index (κ2) is 3.85. The third kappa shape index (κ3) is 1.96. The first kappa shape index (κ1) is 12.1. The minimum absolute atomic E-state index is 0.0311. The second-order valence-corrected chi connectivity index (χ2v) is 4.53. The first-order chi connectivity index (χ1) is 7.84. The zero-order valence-electron chi connectivity index (χ0n) is 9.62. The highest BCUT2D eigenvalue weighted by Gasteiger charge is 2.56. The summed E-state index contributed by atoms with van der Waals surface area (Å²) in [5, 5.41) is 18.0. The third-order valence-electron chi connectivity index (χ3n) is 3.28. The molecule has 0 aromatic heterocycles. The first-order valence-electron chi connectivity index (χ1n) is 5.43. The van der Waals surface area contributed by atoms with Crippen LogP contribution in [0.2, 0.25) is 0 Å². The molecule has 0 aromatic rings. The number of aliphatic carboxylic acids is 1. The molecular weight excluding hydrogens is 230 g/mol. The highest BCUT2D eigenvalue weighted by molar-refractivity contribution is 5.80. The predicted molar refractivity (Wildman–Crippen MR) is 54.6 cm³/mol. The van der Waals surface area contributed by atoms with Crippen LogP contribution < -0.4 is 0 Å². The maximum absolute atomic E-state index is 11.0. The summed E-state index contributed by atoms with van der Waals surface area (Å²) in [6, 6.07) is -1.11. The van der Waals surface area contributed by atoms with Gasteiger partial charge >= 0.3 is 12.1 Å². The molecule has 2 fully saturated rings. The molecule has 1 spiro atoms. The van der Waals surface area contributed by atoms with E-state index in [9.17, 15) is 9.59 Å². The highest BCUT2D eigenvalue weighted by Crippen LogP contribution is 2.39. The van der Waals surface area contributed by atoms with E-state index in [2.05, 4.69) is 0 Å². The van der Waals surface area contributed by atoms with Gasteiger partial charge in [0.1, 0.15) is 6.04 Å². The van der Waals surface area contributed by atoms with Crippen molar-refractivity contribution in [2.45, 2.75) is 44.3 Å². The van der Waals surface area contributed by atoms with Gasteiger partial charge in [-0.05, 0) is 13.8 Å². The molecule has 7 heteroatoms. The smallest absolute Gasteiger partial charge is 0.408 e. The Morgan fingerprint density at radius 1 is 1.24 bits per heavy atom. The molecule has 17 heavy (non-hydrogen) atoms. The minimum atomic E-state index is -1.27. The van der Waals surface area contributed by atoms with E-state index in [1.165, 1.54) is 0 Å². The van der Waals surface area contributed by atoms with E-state index in [0.717, 1.165) is 4.90 Å². The van der Waals surface area contributed by atoms with Crippen LogP contribution in [0.1, 0.15) is 20.3 Å². The molecule has 2 aliphatic rings. The fourth-order valence-electron chi connectivity index (χ4n) is 2.33. The maximum atomic E-state index is 11.0. The molecule has 0 saturated carbocycles. The summed E-state index contributed by atoms with van der Waals surface area (Å²) in [5.74, 6) is -2.27. The van der Waals surface area contributed by atoms with Gasteiger partial charge in [0.25, 0.3) is 0 Å². The predicted octanol–water partition coefficient (Wildman–Crippen LogP) is 0.343. The number of hydrogen-bond donors (Lipinski definition) is 2. The highest BCUT2D eigenvalue weighted by atomic mass is 16.8. The van der Waals surface area contributed by atoms with Crippen LogP contribution in [0.25, 0.3) is 0 Å². The second-order valence-electron chi connectivity index (χ2n) is 4.53. The largest absolute Gasteiger partial charge is 0.480 e. The Balaban J connectivity index is 2.20. The molecule has 0 radical (unpaired) electrons. The monoisotopic (exact) mass is 245 g/mol. The van der Waals surface area contributed by atoms with Crippen molar-refractivity contribution >= 4 is 12.1 Å². The van der Waals surface area contributed by atoms with Crippen LogP contribution in [0.3, 0.4) is 0 Å². The molecule has 1 amide bonds. The fraction of sp³-hybridized carbons (Fsp3) is 0.800. The van der Waals surface area contributed by atoms with Gasteiger partial charge in [-0.1, -0.05) is 0 Å². The molecule has 3 atom stereocenters. The van der Waals surface area contributed by atoms with Crippen LogP contribution in [-0.2, 0) is 14.3 Å². The van der Waals surface area contributed by atoms with Crippen molar-refractivity contribution in [3.8, 4) is 0 Å². The van der Waals surface area contributed by atoms with Crippen LogP contribution in [0.4, 0.5) is 4.79 Å². The van der Waals surface area contributed by atoms with Gasteiger partial charge < -0.3 is 19.7 Å². The van der Waals surface area contributed by atoms with Gasteiger partial charge in [0.2, 0.25) is 0 Å². The van der Waals surface area contributed by atoms with Gasteiger partial charge in [-0.25, -0.2) is 9.59 Å². The van der Waals surface area contributed by atoms with Crippen molar-refractivity contribution in [2.75, 3.05) is 6.54 Å². The Bertz CT molecular complexity index is 323. The molecule has 2 N–H and O–H groups in total. The molecule has 0 unspecified atom stereocenters. The SMILES string of the molecule is C[C@@H]1OC2(C[C@@H](C(=O)O)N(C(=O)O)C2)O[C@H]1C. The number of carbonyl (C=O) groups is 2. The van der Waals surface area contributed by atoms with Gasteiger partial charge in [-0.3, -0.25) is 4.90 Å². The zero-order chi connectivity index (χ0) is 12.8. The standard InChI is InChI=1S/C10H15NO6/c1-5-6(2)17-10(16-5)3-7(8(12)13)11(4-10)9(14)15/h5-7H,3-4H2,1-2H3,(H,12,13)(H,14,15)/t5-,6-,7-/m0/s1. The molecule has 0 aromatic carbocycles. The van der Waals surface area contributed by atoms with Gasteiger partial charge in [-0.15, -0.1) is 0 Å². The number of amides is 1. The molecule has 2 aliphatic heterocycles. The topological polar surface area (TPSA) is 96.3 Å². The van der Waals surface area contributed by atoms with Crippen LogP contribution >= 0.6 is 0 Å². The van der Waals surface area contributed by atoms with Crippen molar-refractivity contribution in [3.63, 3.8) is 0 Å². The van der Waals surface area contributed by atoms with Gasteiger partial charge in [0.15, 0.2) is 5.79 Å². The van der Waals surface area contributed by atoms with Crippen molar-refractivity contribution in [2.24, 2.45) is 0 Å². The lowest BCUT2D eigenvalue weighted by Gasteiger charge is -2.21. The summed E-state index contributed by atoms with van der Waals surface area (Å²) in [7, 11) is 0. The van der Waals surface area contributed by atoms with Crippen LogP contribution in [0.15, 0.2) is 0 Å². The number of hydrogen-bond acceptors (Lipinski definition) is 4. The maximum Gasteiger partial charge on any atom is 0.408 e. The summed E-state index contributed by atoms with van der Waals surface area (Å²) >= 11 is 0. The van der Waals surface area contributed by atoms with Crippen molar-refractivity contribution in [3.05, 3.63) is 0 Å². The van der Waals surface area contributed by atoms with Crippen LogP contribution in [0, 0.1) is 0 Å². The van der Waals surface area contributed by atoms with Crippen molar-refractivity contribution in [1.82, 2.24) is 4.90 Å². The molecule has 96 valence electrons. The Morgan fingerprint density at radius 3 is 2.12 bits per heavy atom. The lowest BCUT2D eigenvalue weighted by molar-refractivity contribution is -0.163. The van der Waals surface area contributed by atoms with E-state index in [4.69, 9.17) is 19.7 Å². The van der Waals surface area contributed by atoms with E-state index in [0.29, 0.717) is 0 Å². The average molecular weight is 245 g/mol. The molecule has 2 rings (SSSR count). The van der Waals surface area contributed by atoms with E-state index in [-0.39, 0.29) is 25.2 Å². The fourth-order valence-corrected chi connectivity index (χ4v) is 2.33. The van der Waals surface area contributed by atoms with Crippen molar-refractivity contribution in [1.29, 1.82) is 0 Å². The van der Waals surface area contributed by atoms with Gasteiger partial charge in [0, 0.05) is 6.42 Å². The summed E-state index contributed by atoms with van der Waals surface area (Å²) in [6.45, 7) is 3.57. The molecule has 2 saturated heterocycles. The zero-order valence-corrected chi connectivity index (χ0v) is 9.62. The number of carboxylic acid groups (broad SMARTS) is 2. The number of carboxylic acids is 1. The Hall–Kier alpha value is -1.34. The van der Waals surface area contributed by atoms with Gasteiger partial charge in [-0.2, -0.15) is 0 Å². The Labute approximate surface area is 97.9 Å². The molecule has 0 aliphatic carbocycles.